The topological polar surface area (TPSA) is 162 Å². The molecule has 0 saturated carbocycles. The van der Waals surface area contributed by atoms with Gasteiger partial charge in [0, 0.05) is 13.1 Å². The van der Waals surface area contributed by atoms with Crippen LogP contribution < -0.4 is 10.6 Å². The second-order valence-electron chi connectivity index (χ2n) is 7.57. The van der Waals surface area contributed by atoms with Gasteiger partial charge < -0.3 is 15.4 Å². The van der Waals surface area contributed by atoms with Crippen LogP contribution in [0.4, 0.5) is 17.3 Å². The van der Waals surface area contributed by atoms with Crippen molar-refractivity contribution in [1.29, 1.82) is 0 Å². The van der Waals surface area contributed by atoms with E-state index in [1.54, 1.807) is 18.7 Å². The molecule has 1 aromatic carbocycles. The van der Waals surface area contributed by atoms with E-state index in [0.717, 1.165) is 30.8 Å². The molecule has 0 amide bonds. The van der Waals surface area contributed by atoms with Crippen LogP contribution in [0.15, 0.2) is 24.3 Å². The number of nitrogen functional groups attached to an aromatic ring is 1. The van der Waals surface area contributed by atoms with E-state index in [0.29, 0.717) is 0 Å². The van der Waals surface area contributed by atoms with Gasteiger partial charge in [-0.05, 0) is 50.9 Å². The van der Waals surface area contributed by atoms with Gasteiger partial charge in [0.05, 0.1) is 11.5 Å². The standard InChI is InChI=1S/C21H28N6O4.O2S/c1-3-31-18(28)14-26(21-19(27(29)30)20(22)23-15(2)24-21)13-17-9-5-4-8-16(17)12-25-10-6-7-11-25;1-3-2/h4-5,8-9H,3,6-7,10-14H2,1-2H3,(H2,22,23,24);. The predicted octanol–water partition coefficient (Wildman–Crippen LogP) is 1.77. The monoisotopic (exact) mass is 492 g/mol. The van der Waals surface area contributed by atoms with Crippen LogP contribution in [-0.4, -0.2) is 60.4 Å². The van der Waals surface area contributed by atoms with Gasteiger partial charge in [-0.25, -0.2) is 9.97 Å². The van der Waals surface area contributed by atoms with E-state index in [-0.39, 0.29) is 37.2 Å². The van der Waals surface area contributed by atoms with Gasteiger partial charge >= 0.3 is 23.2 Å². The zero-order valence-electron chi connectivity index (χ0n) is 19.1. The van der Waals surface area contributed by atoms with E-state index in [2.05, 4.69) is 14.9 Å². The Kier molecular flexibility index (Phi) is 10.5. The molecule has 2 N–H and O–H groups in total. The van der Waals surface area contributed by atoms with Gasteiger partial charge in [0.15, 0.2) is 0 Å². The normalized spacial score (nSPS) is 13.0. The van der Waals surface area contributed by atoms with Gasteiger partial charge in [-0.1, -0.05) is 24.3 Å². The molecule has 34 heavy (non-hydrogen) atoms. The minimum absolute atomic E-state index is 0.0130. The zero-order valence-corrected chi connectivity index (χ0v) is 20.0. The van der Waals surface area contributed by atoms with Crippen LogP contribution >= 0.6 is 0 Å². The van der Waals surface area contributed by atoms with E-state index in [1.165, 1.54) is 12.8 Å². The molecule has 2 aromatic rings. The number of benzene rings is 1. The minimum atomic E-state index is -0.750. The van der Waals surface area contributed by atoms with Crippen LogP contribution in [0.3, 0.4) is 0 Å². The summed E-state index contributed by atoms with van der Waals surface area (Å²) in [6, 6.07) is 7.90. The first-order valence-electron chi connectivity index (χ1n) is 10.7. The van der Waals surface area contributed by atoms with Gasteiger partial charge in [0.1, 0.15) is 12.4 Å². The molecular formula is C21H28N6O6S. The maximum Gasteiger partial charge on any atom is 0.353 e. The van der Waals surface area contributed by atoms with Crippen LogP contribution in [0.1, 0.15) is 36.7 Å². The number of nitrogens with zero attached hydrogens (tertiary/aromatic N) is 5. The highest BCUT2D eigenvalue weighted by Gasteiger charge is 2.29. The van der Waals surface area contributed by atoms with Gasteiger partial charge in [-0.3, -0.25) is 19.8 Å². The quantitative estimate of drug-likeness (QED) is 0.308. The van der Waals surface area contributed by atoms with Crippen molar-refractivity contribution in [1.82, 2.24) is 14.9 Å². The summed E-state index contributed by atoms with van der Waals surface area (Å²) in [5.41, 5.74) is 7.50. The number of esters is 1. The molecule has 13 heteroatoms. The summed E-state index contributed by atoms with van der Waals surface area (Å²) in [6.07, 6.45) is 2.37. The molecule has 0 spiro atoms. The Morgan fingerprint density at radius 2 is 1.85 bits per heavy atom. The first kappa shape index (κ1) is 26.8. The molecule has 12 nitrogen and oxygen atoms in total. The number of aryl methyl sites for hydroxylation is 1. The highest BCUT2D eigenvalue weighted by Crippen LogP contribution is 2.32. The number of likely N-dealkylation sites (tertiary alicyclic amines) is 1. The molecule has 1 aliphatic heterocycles. The number of nitrogens with two attached hydrogens (primary N) is 1. The zero-order chi connectivity index (χ0) is 25.1. The molecule has 184 valence electrons. The smallest absolute Gasteiger partial charge is 0.353 e. The van der Waals surface area contributed by atoms with Crippen LogP contribution in [-0.2, 0) is 34.2 Å². The first-order valence-corrected chi connectivity index (χ1v) is 11.4. The summed E-state index contributed by atoms with van der Waals surface area (Å²) >= 11 is -0.750. The second kappa shape index (κ2) is 13.3. The van der Waals surface area contributed by atoms with Gasteiger partial charge in [-0.2, -0.15) is 8.42 Å². The van der Waals surface area contributed by atoms with Crippen LogP contribution in [0.25, 0.3) is 0 Å². The van der Waals surface area contributed by atoms with E-state index >= 15 is 0 Å². The fourth-order valence-corrected chi connectivity index (χ4v) is 3.79. The summed E-state index contributed by atoms with van der Waals surface area (Å²) in [5, 5.41) is 11.7. The van der Waals surface area contributed by atoms with Crippen molar-refractivity contribution in [2.24, 2.45) is 0 Å². The van der Waals surface area contributed by atoms with Crippen molar-refractivity contribution in [2.75, 3.05) is 36.9 Å². The molecule has 1 fully saturated rings. The second-order valence-corrected chi connectivity index (χ2v) is 7.70. The molecule has 1 saturated heterocycles. The van der Waals surface area contributed by atoms with Crippen LogP contribution in [0.5, 0.6) is 0 Å². The Labute approximate surface area is 200 Å². The van der Waals surface area contributed by atoms with E-state index < -0.39 is 28.2 Å². The fraction of sp³-hybridized carbons (Fsp3) is 0.476. The number of hydrogen-bond donors (Lipinski definition) is 1. The molecular weight excluding hydrogens is 464 g/mol. The average molecular weight is 493 g/mol. The number of aromatic nitrogens is 2. The summed E-state index contributed by atoms with van der Waals surface area (Å²) in [6.45, 7) is 6.47. The number of hydrogen-bond acceptors (Lipinski definition) is 11. The number of rotatable bonds is 9. The highest BCUT2D eigenvalue weighted by atomic mass is 32.1. The number of carbonyl (C=O) groups is 1. The largest absolute Gasteiger partial charge is 0.465 e. The third-order valence-corrected chi connectivity index (χ3v) is 5.18. The Morgan fingerprint density at radius 3 is 2.44 bits per heavy atom. The van der Waals surface area contributed by atoms with E-state index in [1.807, 2.05) is 24.3 Å². The average Bonchev–Trinajstić information content (AvgIpc) is 3.27. The highest BCUT2D eigenvalue weighted by molar-refractivity contribution is 7.51. The minimum Gasteiger partial charge on any atom is -0.465 e. The summed E-state index contributed by atoms with van der Waals surface area (Å²) in [5.74, 6) is -0.424. The van der Waals surface area contributed by atoms with Crippen molar-refractivity contribution in [3.8, 4) is 0 Å². The van der Waals surface area contributed by atoms with Crippen LogP contribution in [0, 0.1) is 17.0 Å². The Hall–Kier alpha value is -3.45. The lowest BCUT2D eigenvalue weighted by molar-refractivity contribution is -0.383. The lowest BCUT2D eigenvalue weighted by Crippen LogP contribution is -2.33. The summed E-state index contributed by atoms with van der Waals surface area (Å²) in [7, 11) is 0. The van der Waals surface area contributed by atoms with Crippen molar-refractivity contribution < 1.29 is 22.9 Å². The lowest BCUT2D eigenvalue weighted by atomic mass is 10.1. The van der Waals surface area contributed by atoms with Crippen molar-refractivity contribution in [2.45, 2.75) is 39.8 Å². The van der Waals surface area contributed by atoms with E-state index in [9.17, 15) is 14.9 Å². The Morgan fingerprint density at radius 1 is 1.24 bits per heavy atom. The maximum absolute atomic E-state index is 12.3. The molecule has 0 atom stereocenters. The molecule has 0 radical (unpaired) electrons. The number of nitro groups is 1. The predicted molar refractivity (Wildman–Crippen MR) is 125 cm³/mol. The number of anilines is 2. The molecule has 0 unspecified atom stereocenters. The van der Waals surface area contributed by atoms with E-state index in [4.69, 9.17) is 18.9 Å². The number of carbonyl (C=O) groups excluding carboxylic acids is 1. The summed E-state index contributed by atoms with van der Waals surface area (Å²) in [4.78, 5) is 35.5. The Bertz CT molecular complexity index is 1040. The van der Waals surface area contributed by atoms with Gasteiger partial charge in [0.25, 0.3) is 0 Å². The maximum atomic E-state index is 12.3. The fourth-order valence-electron chi connectivity index (χ4n) is 3.79. The Balaban J connectivity index is 0.00000129. The van der Waals surface area contributed by atoms with Crippen molar-refractivity contribution >= 4 is 34.9 Å². The van der Waals surface area contributed by atoms with Crippen molar-refractivity contribution in [3.05, 3.63) is 51.3 Å². The first-order chi connectivity index (χ1) is 16.3. The summed E-state index contributed by atoms with van der Waals surface area (Å²) < 4.78 is 21.7. The van der Waals surface area contributed by atoms with Crippen LogP contribution in [0.2, 0.25) is 0 Å². The van der Waals surface area contributed by atoms with Crippen molar-refractivity contribution in [3.63, 3.8) is 0 Å². The number of ether oxygens (including phenoxy) is 1. The van der Waals surface area contributed by atoms with Gasteiger partial charge in [-0.15, -0.1) is 0 Å². The molecule has 1 aliphatic rings. The molecule has 0 bridgehead atoms. The lowest BCUT2D eigenvalue weighted by Gasteiger charge is -2.25. The molecule has 3 rings (SSSR count). The third-order valence-electron chi connectivity index (χ3n) is 5.18. The third kappa shape index (κ3) is 7.56. The molecule has 2 heterocycles. The molecule has 1 aromatic heterocycles. The van der Waals surface area contributed by atoms with Gasteiger partial charge in [0.2, 0.25) is 11.6 Å². The molecule has 0 aliphatic carbocycles. The SMILES string of the molecule is CCOC(=O)CN(Cc1ccccc1CN1CCCC1)c1nc(C)nc(N)c1[N+](=O)[O-].O=S=O.